The summed E-state index contributed by atoms with van der Waals surface area (Å²) < 4.78 is 63.0. The lowest BCUT2D eigenvalue weighted by Gasteiger charge is -2.19. The summed E-state index contributed by atoms with van der Waals surface area (Å²) in [5.74, 6) is -1.64. The van der Waals surface area contributed by atoms with Crippen LogP contribution in [0.25, 0.3) is 0 Å². The fourth-order valence-corrected chi connectivity index (χ4v) is 3.24. The van der Waals surface area contributed by atoms with Crippen molar-refractivity contribution in [1.29, 1.82) is 0 Å². The van der Waals surface area contributed by atoms with Crippen LogP contribution in [0.5, 0.6) is 5.75 Å². The monoisotopic (exact) mass is 371 g/mol. The first-order valence-electron chi connectivity index (χ1n) is 7.61. The van der Waals surface area contributed by atoms with Gasteiger partial charge in [0, 0.05) is 19.7 Å². The molecule has 0 aliphatic heterocycles. The predicted molar refractivity (Wildman–Crippen MR) is 90.4 cm³/mol. The maximum Gasteiger partial charge on any atom is 0.264 e. The SMILES string of the molecule is CCOCCOc1ccc(S(=O)(=O)N(C)c2ccc(F)c(F)c2)cc1. The molecule has 0 atom stereocenters. The van der Waals surface area contributed by atoms with E-state index in [4.69, 9.17) is 9.47 Å². The molecule has 0 saturated carbocycles. The number of nitrogens with zero attached hydrogens (tertiary/aromatic N) is 1. The lowest BCUT2D eigenvalue weighted by atomic mass is 10.3. The third-order valence-electron chi connectivity index (χ3n) is 3.45. The number of hydrogen-bond donors (Lipinski definition) is 0. The lowest BCUT2D eigenvalue weighted by molar-refractivity contribution is 0.110. The zero-order chi connectivity index (χ0) is 18.4. The Bertz CT molecular complexity index is 810. The van der Waals surface area contributed by atoms with Crippen molar-refractivity contribution in [2.45, 2.75) is 11.8 Å². The van der Waals surface area contributed by atoms with Crippen LogP contribution in [0.2, 0.25) is 0 Å². The van der Waals surface area contributed by atoms with Crippen molar-refractivity contribution in [2.24, 2.45) is 0 Å². The number of anilines is 1. The molecule has 2 rings (SSSR count). The fourth-order valence-electron chi connectivity index (χ4n) is 2.05. The summed E-state index contributed by atoms with van der Waals surface area (Å²) in [4.78, 5) is 0.0110. The van der Waals surface area contributed by atoms with Gasteiger partial charge >= 0.3 is 0 Å². The summed E-state index contributed by atoms with van der Waals surface area (Å²) in [6, 6.07) is 8.74. The molecule has 5 nitrogen and oxygen atoms in total. The molecular formula is C17H19F2NO4S. The second-order valence-corrected chi connectivity index (χ2v) is 7.06. The van der Waals surface area contributed by atoms with E-state index in [9.17, 15) is 17.2 Å². The molecule has 0 spiro atoms. The Balaban J connectivity index is 2.14. The summed E-state index contributed by atoms with van der Waals surface area (Å²) in [5, 5.41) is 0. The summed E-state index contributed by atoms with van der Waals surface area (Å²) in [6.07, 6.45) is 0. The molecule has 0 N–H and O–H groups in total. The Kier molecular flexibility index (Phi) is 6.33. The zero-order valence-electron chi connectivity index (χ0n) is 13.9. The van der Waals surface area contributed by atoms with E-state index in [1.54, 1.807) is 0 Å². The molecule has 0 bridgehead atoms. The van der Waals surface area contributed by atoms with Crippen LogP contribution in [0.15, 0.2) is 47.4 Å². The van der Waals surface area contributed by atoms with Gasteiger partial charge in [0.1, 0.15) is 12.4 Å². The predicted octanol–water partition coefficient (Wildman–Crippen LogP) is 3.21. The van der Waals surface area contributed by atoms with Crippen LogP contribution in [-0.4, -0.2) is 35.3 Å². The Morgan fingerprint density at radius 1 is 1.00 bits per heavy atom. The zero-order valence-corrected chi connectivity index (χ0v) is 14.7. The van der Waals surface area contributed by atoms with Crippen LogP contribution >= 0.6 is 0 Å². The minimum absolute atomic E-state index is 0.0110. The molecule has 136 valence electrons. The van der Waals surface area contributed by atoms with Crippen LogP contribution < -0.4 is 9.04 Å². The minimum atomic E-state index is -3.90. The molecule has 0 amide bonds. The second kappa shape index (κ2) is 8.26. The second-order valence-electron chi connectivity index (χ2n) is 5.09. The van der Waals surface area contributed by atoms with Gasteiger partial charge in [-0.25, -0.2) is 17.2 Å². The molecule has 0 heterocycles. The highest BCUT2D eigenvalue weighted by Crippen LogP contribution is 2.25. The number of sulfonamides is 1. The van der Waals surface area contributed by atoms with Gasteiger partial charge in [0.15, 0.2) is 11.6 Å². The maximum atomic E-state index is 13.3. The van der Waals surface area contributed by atoms with Crippen LogP contribution in [0.4, 0.5) is 14.5 Å². The van der Waals surface area contributed by atoms with Crippen molar-refractivity contribution >= 4 is 15.7 Å². The van der Waals surface area contributed by atoms with Crippen molar-refractivity contribution in [3.63, 3.8) is 0 Å². The molecule has 0 aliphatic rings. The quantitative estimate of drug-likeness (QED) is 0.669. The van der Waals surface area contributed by atoms with Crippen molar-refractivity contribution in [1.82, 2.24) is 0 Å². The van der Waals surface area contributed by atoms with Crippen molar-refractivity contribution < 1.29 is 26.7 Å². The van der Waals surface area contributed by atoms with Crippen LogP contribution in [0.3, 0.4) is 0 Å². The first-order chi connectivity index (χ1) is 11.9. The van der Waals surface area contributed by atoms with E-state index in [1.807, 2.05) is 6.92 Å². The molecule has 2 aromatic rings. The highest BCUT2D eigenvalue weighted by Gasteiger charge is 2.22. The average molecular weight is 371 g/mol. The third-order valence-corrected chi connectivity index (χ3v) is 5.25. The van der Waals surface area contributed by atoms with Crippen LogP contribution in [-0.2, 0) is 14.8 Å². The minimum Gasteiger partial charge on any atom is -0.491 e. The van der Waals surface area contributed by atoms with E-state index in [1.165, 1.54) is 37.4 Å². The molecule has 0 unspecified atom stereocenters. The van der Waals surface area contributed by atoms with Crippen LogP contribution in [0, 0.1) is 11.6 Å². The first-order valence-corrected chi connectivity index (χ1v) is 9.05. The molecule has 25 heavy (non-hydrogen) atoms. The molecule has 0 radical (unpaired) electrons. The average Bonchev–Trinajstić information content (AvgIpc) is 2.61. The van der Waals surface area contributed by atoms with Gasteiger partial charge in [-0.2, -0.15) is 0 Å². The van der Waals surface area contributed by atoms with Gasteiger partial charge in [-0.15, -0.1) is 0 Å². The van der Waals surface area contributed by atoms with Crippen molar-refractivity contribution in [2.75, 3.05) is 31.2 Å². The van der Waals surface area contributed by atoms with Crippen LogP contribution in [0.1, 0.15) is 6.92 Å². The van der Waals surface area contributed by atoms with E-state index >= 15 is 0 Å². The summed E-state index contributed by atoms with van der Waals surface area (Å²) in [7, 11) is -2.63. The summed E-state index contributed by atoms with van der Waals surface area (Å²) in [6.45, 7) is 3.27. The molecule has 0 fully saturated rings. The fraction of sp³-hybridized carbons (Fsp3) is 0.294. The Morgan fingerprint density at radius 2 is 1.68 bits per heavy atom. The Morgan fingerprint density at radius 3 is 2.28 bits per heavy atom. The normalized spacial score (nSPS) is 11.4. The molecule has 0 aromatic heterocycles. The topological polar surface area (TPSA) is 55.8 Å². The molecule has 0 aliphatic carbocycles. The van der Waals surface area contributed by atoms with E-state index < -0.39 is 21.7 Å². The van der Waals surface area contributed by atoms with Gasteiger partial charge in [0.25, 0.3) is 10.0 Å². The molecule has 0 saturated heterocycles. The smallest absolute Gasteiger partial charge is 0.264 e. The largest absolute Gasteiger partial charge is 0.491 e. The molecule has 8 heteroatoms. The van der Waals surface area contributed by atoms with Gasteiger partial charge in [-0.3, -0.25) is 4.31 Å². The number of halogens is 2. The Labute approximate surface area is 145 Å². The highest BCUT2D eigenvalue weighted by molar-refractivity contribution is 7.92. The number of rotatable bonds is 8. The van der Waals surface area contributed by atoms with Gasteiger partial charge in [-0.1, -0.05) is 0 Å². The lowest BCUT2D eigenvalue weighted by Crippen LogP contribution is -2.26. The van der Waals surface area contributed by atoms with E-state index in [-0.39, 0.29) is 10.6 Å². The van der Waals surface area contributed by atoms with Gasteiger partial charge in [0.05, 0.1) is 17.2 Å². The summed E-state index contributed by atoms with van der Waals surface area (Å²) >= 11 is 0. The van der Waals surface area contributed by atoms with E-state index in [0.717, 1.165) is 16.4 Å². The number of hydrogen-bond acceptors (Lipinski definition) is 4. The van der Waals surface area contributed by atoms with E-state index in [2.05, 4.69) is 0 Å². The van der Waals surface area contributed by atoms with Crippen molar-refractivity contribution in [3.05, 3.63) is 54.1 Å². The summed E-state index contributed by atoms with van der Waals surface area (Å²) in [5.41, 5.74) is 0.0240. The van der Waals surface area contributed by atoms with Gasteiger partial charge in [0.2, 0.25) is 0 Å². The molecular weight excluding hydrogens is 352 g/mol. The van der Waals surface area contributed by atoms with Gasteiger partial charge < -0.3 is 9.47 Å². The number of benzene rings is 2. The number of ether oxygens (including phenoxy) is 2. The van der Waals surface area contributed by atoms with E-state index in [0.29, 0.717) is 25.6 Å². The molecule has 2 aromatic carbocycles. The van der Waals surface area contributed by atoms with Gasteiger partial charge in [-0.05, 0) is 43.3 Å². The maximum absolute atomic E-state index is 13.3. The Hall–Kier alpha value is -2.19. The highest BCUT2D eigenvalue weighted by atomic mass is 32.2. The third kappa shape index (κ3) is 4.67. The first kappa shape index (κ1) is 19.1. The standard InChI is InChI=1S/C17H19F2NO4S/c1-3-23-10-11-24-14-5-7-15(8-6-14)25(21,22)20(2)13-4-9-16(18)17(19)12-13/h4-9,12H,3,10-11H2,1-2H3. The van der Waals surface area contributed by atoms with Crippen molar-refractivity contribution in [3.8, 4) is 5.75 Å².